The number of anilines is 1. The molecule has 4 nitrogen and oxygen atoms in total. The number of hydrogen-bond donors (Lipinski definition) is 3. The van der Waals surface area contributed by atoms with E-state index in [4.69, 9.17) is 0 Å². The van der Waals surface area contributed by atoms with E-state index in [1.54, 1.807) is 18.2 Å². The molecule has 1 heterocycles. The second-order valence-electron chi connectivity index (χ2n) is 10.2. The van der Waals surface area contributed by atoms with Crippen LogP contribution in [0, 0.1) is 6.92 Å². The third-order valence-corrected chi connectivity index (χ3v) is 7.34. The number of rotatable bonds is 7. The molecule has 0 spiro atoms. The maximum atomic E-state index is 12.7. The topological polar surface area (TPSA) is 65.1 Å². The predicted molar refractivity (Wildman–Crippen MR) is 175 cm³/mol. The van der Waals surface area contributed by atoms with Crippen LogP contribution in [-0.2, 0) is 4.79 Å². The lowest BCUT2D eigenvalue weighted by Crippen LogP contribution is -2.08. The van der Waals surface area contributed by atoms with Crippen LogP contribution in [0.1, 0.15) is 22.4 Å². The molecular formula is C38H30N2O2. The number of hydrogen-bond acceptors (Lipinski definition) is 2. The van der Waals surface area contributed by atoms with Gasteiger partial charge < -0.3 is 15.4 Å². The minimum Gasteiger partial charge on any atom is -0.506 e. The number of amides is 1. The van der Waals surface area contributed by atoms with Crippen LogP contribution in [0.15, 0.2) is 127 Å². The molecule has 5 aromatic carbocycles. The van der Waals surface area contributed by atoms with Crippen LogP contribution >= 0.6 is 0 Å². The Bertz CT molecular complexity index is 1930. The van der Waals surface area contributed by atoms with Crippen molar-refractivity contribution in [2.45, 2.75) is 6.92 Å². The van der Waals surface area contributed by atoms with Crippen LogP contribution in [0.5, 0.6) is 5.75 Å². The molecule has 1 amide bonds. The number of H-pyrrole nitrogens is 1. The van der Waals surface area contributed by atoms with Crippen LogP contribution in [0.25, 0.3) is 51.4 Å². The van der Waals surface area contributed by atoms with Crippen LogP contribution in [0.4, 0.5) is 5.69 Å². The van der Waals surface area contributed by atoms with Gasteiger partial charge in [-0.05, 0) is 64.6 Å². The van der Waals surface area contributed by atoms with Gasteiger partial charge in [-0.2, -0.15) is 0 Å². The Labute approximate surface area is 245 Å². The number of para-hydroxylation sites is 1. The van der Waals surface area contributed by atoms with Crippen LogP contribution in [0.3, 0.4) is 0 Å². The van der Waals surface area contributed by atoms with Gasteiger partial charge >= 0.3 is 0 Å². The minimum absolute atomic E-state index is 0.0216. The lowest BCUT2D eigenvalue weighted by molar-refractivity contribution is -0.111. The Morgan fingerprint density at radius 1 is 0.714 bits per heavy atom. The molecule has 0 atom stereocenters. The van der Waals surface area contributed by atoms with Gasteiger partial charge in [-0.15, -0.1) is 0 Å². The average molecular weight is 547 g/mol. The highest BCUT2D eigenvalue weighted by atomic mass is 16.3. The van der Waals surface area contributed by atoms with Gasteiger partial charge in [-0.25, -0.2) is 0 Å². The van der Waals surface area contributed by atoms with Gasteiger partial charge in [-0.1, -0.05) is 115 Å². The first kappa shape index (κ1) is 26.6. The lowest BCUT2D eigenvalue weighted by atomic mass is 9.97. The molecule has 0 saturated heterocycles. The van der Waals surface area contributed by atoms with Crippen molar-refractivity contribution in [2.24, 2.45) is 0 Å². The number of aromatic amines is 1. The summed E-state index contributed by atoms with van der Waals surface area (Å²) in [5.41, 5.74) is 10.0. The Morgan fingerprint density at radius 2 is 1.43 bits per heavy atom. The molecular weight excluding hydrogens is 516 g/mol. The Hall–Kier alpha value is -5.61. The quantitative estimate of drug-likeness (QED) is 0.138. The molecule has 1 aromatic heterocycles. The number of aryl methyl sites for hydroxylation is 1. The highest BCUT2D eigenvalue weighted by Gasteiger charge is 2.08. The summed E-state index contributed by atoms with van der Waals surface area (Å²) in [7, 11) is 0. The minimum atomic E-state index is -0.317. The summed E-state index contributed by atoms with van der Waals surface area (Å²) < 4.78 is 0. The van der Waals surface area contributed by atoms with Gasteiger partial charge in [0, 0.05) is 28.2 Å². The molecule has 0 bridgehead atoms. The number of aromatic nitrogens is 1. The van der Waals surface area contributed by atoms with Crippen molar-refractivity contribution in [3.05, 3.63) is 150 Å². The molecule has 3 N–H and O–H groups in total. The normalized spacial score (nSPS) is 11.5. The zero-order valence-corrected chi connectivity index (χ0v) is 23.2. The summed E-state index contributed by atoms with van der Waals surface area (Å²) in [5.74, 6) is -0.295. The number of carbonyl (C=O) groups excluding carboxylic acids is 1. The molecule has 0 aliphatic heterocycles. The number of benzene rings is 5. The van der Waals surface area contributed by atoms with Crippen molar-refractivity contribution < 1.29 is 9.90 Å². The first-order valence-corrected chi connectivity index (χ1v) is 13.9. The molecule has 6 aromatic rings. The van der Waals surface area contributed by atoms with Gasteiger partial charge in [0.1, 0.15) is 5.75 Å². The number of phenols is 1. The van der Waals surface area contributed by atoms with E-state index in [2.05, 4.69) is 71.8 Å². The number of fused-ring (bicyclic) bond motifs is 1. The summed E-state index contributed by atoms with van der Waals surface area (Å²) in [4.78, 5) is 16.1. The molecule has 0 saturated carbocycles. The fraction of sp³-hybridized carbons (Fsp3) is 0.0263. The molecule has 42 heavy (non-hydrogen) atoms. The van der Waals surface area contributed by atoms with Gasteiger partial charge in [0.15, 0.2) is 0 Å². The van der Waals surface area contributed by atoms with Crippen molar-refractivity contribution in [2.75, 3.05) is 5.32 Å². The van der Waals surface area contributed by atoms with Crippen molar-refractivity contribution in [3.8, 4) is 28.0 Å². The Morgan fingerprint density at radius 3 is 2.26 bits per heavy atom. The molecule has 0 unspecified atom stereocenters. The summed E-state index contributed by atoms with van der Waals surface area (Å²) in [5, 5.41) is 14.3. The number of carbonyl (C=O) groups is 1. The average Bonchev–Trinajstić information content (AvgIpc) is 3.35. The number of phenolic OH excluding ortho intramolecular Hbond substituents is 1. The molecule has 204 valence electrons. The first-order chi connectivity index (χ1) is 20.5. The second kappa shape index (κ2) is 11.9. The van der Waals surface area contributed by atoms with E-state index in [9.17, 15) is 9.90 Å². The standard InChI is InChI=1S/C38H30N2O2/c1-26-32(34-13-7-8-14-35(34)39-26)22-20-29-11-5-6-12-33(29)30-18-15-27(16-19-30)17-24-38(42)40-36-25-31(21-23-37(36)41)28-9-3-2-4-10-28/h2-25,39,41H,1H3,(H,40,42)/b22-20+,24-17+. The summed E-state index contributed by atoms with van der Waals surface area (Å²) >= 11 is 0. The smallest absolute Gasteiger partial charge is 0.248 e. The summed E-state index contributed by atoms with van der Waals surface area (Å²) in [6.45, 7) is 2.10. The van der Waals surface area contributed by atoms with E-state index in [1.807, 2.05) is 66.7 Å². The first-order valence-electron chi connectivity index (χ1n) is 13.9. The number of aromatic hydroxyl groups is 1. The van der Waals surface area contributed by atoms with E-state index in [1.165, 1.54) is 17.0 Å². The maximum Gasteiger partial charge on any atom is 0.248 e. The maximum absolute atomic E-state index is 12.7. The molecule has 0 fully saturated rings. The summed E-state index contributed by atoms with van der Waals surface area (Å²) in [6.07, 6.45) is 7.58. The molecule has 4 heteroatoms. The SMILES string of the molecule is Cc1[nH]c2ccccc2c1/C=C/c1ccccc1-c1ccc(/C=C/C(=O)Nc2cc(-c3ccccc3)ccc2O)cc1. The van der Waals surface area contributed by atoms with Gasteiger partial charge in [0.2, 0.25) is 5.91 Å². The lowest BCUT2D eigenvalue weighted by Gasteiger charge is -2.09. The van der Waals surface area contributed by atoms with Gasteiger partial charge in [-0.3, -0.25) is 4.79 Å². The van der Waals surface area contributed by atoms with E-state index < -0.39 is 0 Å². The number of nitrogens with one attached hydrogen (secondary N) is 2. The van der Waals surface area contributed by atoms with Crippen molar-refractivity contribution in [3.63, 3.8) is 0 Å². The predicted octanol–water partition coefficient (Wildman–Crippen LogP) is 9.34. The molecule has 6 rings (SSSR count). The van der Waals surface area contributed by atoms with Crippen LogP contribution in [-0.4, -0.2) is 16.0 Å². The van der Waals surface area contributed by atoms with Gasteiger partial charge in [0.05, 0.1) is 5.69 Å². The van der Waals surface area contributed by atoms with E-state index in [0.717, 1.165) is 44.6 Å². The van der Waals surface area contributed by atoms with Crippen LogP contribution < -0.4 is 5.32 Å². The fourth-order valence-corrected chi connectivity index (χ4v) is 5.16. The highest BCUT2D eigenvalue weighted by molar-refractivity contribution is 6.03. The van der Waals surface area contributed by atoms with E-state index in [-0.39, 0.29) is 11.7 Å². The summed E-state index contributed by atoms with van der Waals surface area (Å²) in [6, 6.07) is 39.8. The fourth-order valence-electron chi connectivity index (χ4n) is 5.16. The zero-order valence-electron chi connectivity index (χ0n) is 23.2. The Balaban J connectivity index is 1.17. The molecule has 0 aliphatic carbocycles. The zero-order chi connectivity index (χ0) is 28.9. The van der Waals surface area contributed by atoms with Crippen molar-refractivity contribution in [1.29, 1.82) is 0 Å². The molecule has 0 radical (unpaired) electrons. The third kappa shape index (κ3) is 5.79. The third-order valence-electron chi connectivity index (χ3n) is 7.34. The van der Waals surface area contributed by atoms with E-state index >= 15 is 0 Å². The van der Waals surface area contributed by atoms with Crippen molar-refractivity contribution in [1.82, 2.24) is 4.98 Å². The largest absolute Gasteiger partial charge is 0.506 e. The Kier molecular flexibility index (Phi) is 7.52. The molecule has 0 aliphatic rings. The second-order valence-corrected chi connectivity index (χ2v) is 10.2. The highest BCUT2D eigenvalue weighted by Crippen LogP contribution is 2.31. The van der Waals surface area contributed by atoms with Gasteiger partial charge in [0.25, 0.3) is 0 Å². The monoisotopic (exact) mass is 546 g/mol. The van der Waals surface area contributed by atoms with Crippen LogP contribution in [0.2, 0.25) is 0 Å². The van der Waals surface area contributed by atoms with Crippen molar-refractivity contribution >= 4 is 40.7 Å². The van der Waals surface area contributed by atoms with E-state index in [0.29, 0.717) is 5.69 Å².